The minimum atomic E-state index is -0.256. The molecule has 0 bridgehead atoms. The zero-order chi connectivity index (χ0) is 12.8. The molecule has 1 aromatic heterocycles. The van der Waals surface area contributed by atoms with Gasteiger partial charge in [0.05, 0.1) is 6.61 Å². The lowest BCUT2D eigenvalue weighted by atomic mass is 10.2. The number of hydrogen-bond donors (Lipinski definition) is 2. The van der Waals surface area contributed by atoms with E-state index in [2.05, 4.69) is 19.3 Å². The van der Waals surface area contributed by atoms with Crippen LogP contribution in [0.25, 0.3) is 0 Å². The smallest absolute Gasteiger partial charge is 0.281 e. The summed E-state index contributed by atoms with van der Waals surface area (Å²) >= 11 is 0. The van der Waals surface area contributed by atoms with Crippen LogP contribution in [0.5, 0.6) is 0 Å². The lowest BCUT2D eigenvalue weighted by Gasteiger charge is -2.18. The van der Waals surface area contributed by atoms with Crippen LogP contribution in [0.2, 0.25) is 0 Å². The number of nitrogens with one attached hydrogen (secondary N) is 1. The summed E-state index contributed by atoms with van der Waals surface area (Å²) < 4.78 is 7.10. The molecule has 1 atom stereocenters. The molecular weight excluding hydrogens is 218 g/mol. The molecule has 0 aliphatic rings. The predicted octanol–water partition coefficient (Wildman–Crippen LogP) is 1.25. The van der Waals surface area contributed by atoms with E-state index in [0.29, 0.717) is 12.3 Å². The van der Waals surface area contributed by atoms with E-state index in [1.807, 2.05) is 10.6 Å². The fraction of sp³-hybridized carbons (Fsp3) is 0.583. The monoisotopic (exact) mass is 239 g/mol. The SMILES string of the molecule is CCC(C)n1c(CCOC)ccc1C(=O)NN. The third kappa shape index (κ3) is 3.08. The van der Waals surface area contributed by atoms with E-state index >= 15 is 0 Å². The molecule has 0 saturated heterocycles. The van der Waals surface area contributed by atoms with Gasteiger partial charge in [-0.25, -0.2) is 5.84 Å². The highest BCUT2D eigenvalue weighted by Gasteiger charge is 2.17. The maximum absolute atomic E-state index is 11.7. The fourth-order valence-electron chi connectivity index (χ4n) is 1.86. The summed E-state index contributed by atoms with van der Waals surface area (Å²) in [5.41, 5.74) is 3.88. The molecule has 0 fully saturated rings. The predicted molar refractivity (Wildman–Crippen MR) is 66.7 cm³/mol. The quantitative estimate of drug-likeness (QED) is 0.446. The Balaban J connectivity index is 3.05. The zero-order valence-electron chi connectivity index (χ0n) is 10.7. The Labute approximate surface area is 102 Å². The maximum Gasteiger partial charge on any atom is 0.281 e. The highest BCUT2D eigenvalue weighted by Crippen LogP contribution is 2.19. The molecule has 1 unspecified atom stereocenters. The number of carbonyl (C=O) groups is 1. The molecule has 96 valence electrons. The summed E-state index contributed by atoms with van der Waals surface area (Å²) in [6.45, 7) is 4.82. The summed E-state index contributed by atoms with van der Waals surface area (Å²) in [5, 5.41) is 0. The molecule has 17 heavy (non-hydrogen) atoms. The molecule has 0 radical (unpaired) electrons. The van der Waals surface area contributed by atoms with E-state index in [0.717, 1.165) is 18.5 Å². The number of nitrogens with zero attached hydrogens (tertiary/aromatic N) is 1. The van der Waals surface area contributed by atoms with Crippen LogP contribution in [0, 0.1) is 0 Å². The number of ether oxygens (including phenoxy) is 1. The fourth-order valence-corrected chi connectivity index (χ4v) is 1.86. The van der Waals surface area contributed by atoms with E-state index in [-0.39, 0.29) is 11.9 Å². The van der Waals surface area contributed by atoms with Crippen LogP contribution in [0.4, 0.5) is 0 Å². The summed E-state index contributed by atoms with van der Waals surface area (Å²) in [7, 11) is 1.67. The van der Waals surface area contributed by atoms with E-state index < -0.39 is 0 Å². The molecule has 5 heteroatoms. The third-order valence-electron chi connectivity index (χ3n) is 2.96. The van der Waals surface area contributed by atoms with Crippen molar-refractivity contribution in [2.45, 2.75) is 32.7 Å². The van der Waals surface area contributed by atoms with Gasteiger partial charge in [0.1, 0.15) is 5.69 Å². The number of carbonyl (C=O) groups excluding carboxylic acids is 1. The van der Waals surface area contributed by atoms with Gasteiger partial charge in [-0.05, 0) is 25.5 Å². The van der Waals surface area contributed by atoms with Crippen molar-refractivity contribution in [3.63, 3.8) is 0 Å². The average Bonchev–Trinajstić information content (AvgIpc) is 2.78. The van der Waals surface area contributed by atoms with Gasteiger partial charge in [-0.1, -0.05) is 6.92 Å². The summed E-state index contributed by atoms with van der Waals surface area (Å²) in [5.74, 6) is 4.93. The van der Waals surface area contributed by atoms with Gasteiger partial charge in [-0.15, -0.1) is 0 Å². The third-order valence-corrected chi connectivity index (χ3v) is 2.96. The Bertz CT molecular complexity index is 374. The van der Waals surface area contributed by atoms with Gasteiger partial charge in [-0.2, -0.15) is 0 Å². The number of aromatic nitrogens is 1. The first kappa shape index (κ1) is 13.7. The molecule has 1 heterocycles. The first-order valence-electron chi connectivity index (χ1n) is 5.85. The number of amides is 1. The van der Waals surface area contributed by atoms with Crippen LogP contribution in [0.15, 0.2) is 12.1 Å². The molecule has 0 aliphatic heterocycles. The van der Waals surface area contributed by atoms with Gasteiger partial charge >= 0.3 is 0 Å². The van der Waals surface area contributed by atoms with Gasteiger partial charge in [-0.3, -0.25) is 10.2 Å². The van der Waals surface area contributed by atoms with Gasteiger partial charge < -0.3 is 9.30 Å². The lowest BCUT2D eigenvalue weighted by molar-refractivity contribution is 0.0941. The van der Waals surface area contributed by atoms with Gasteiger partial charge in [0.25, 0.3) is 5.91 Å². The normalized spacial score (nSPS) is 12.5. The van der Waals surface area contributed by atoms with E-state index in [1.54, 1.807) is 13.2 Å². The van der Waals surface area contributed by atoms with Crippen LogP contribution in [-0.2, 0) is 11.2 Å². The van der Waals surface area contributed by atoms with Crippen molar-refractivity contribution in [1.29, 1.82) is 0 Å². The Hall–Kier alpha value is -1.33. The zero-order valence-corrected chi connectivity index (χ0v) is 10.7. The minimum Gasteiger partial charge on any atom is -0.384 e. The van der Waals surface area contributed by atoms with Crippen LogP contribution in [0.3, 0.4) is 0 Å². The van der Waals surface area contributed by atoms with Crippen molar-refractivity contribution >= 4 is 5.91 Å². The lowest BCUT2D eigenvalue weighted by Crippen LogP contribution is -2.32. The van der Waals surface area contributed by atoms with Gasteiger partial charge in [0, 0.05) is 25.3 Å². The first-order chi connectivity index (χ1) is 8.15. The average molecular weight is 239 g/mol. The first-order valence-corrected chi connectivity index (χ1v) is 5.85. The Morgan fingerprint density at radius 2 is 2.29 bits per heavy atom. The molecule has 0 aromatic carbocycles. The maximum atomic E-state index is 11.7. The van der Waals surface area contributed by atoms with Crippen molar-refractivity contribution < 1.29 is 9.53 Å². The highest BCUT2D eigenvalue weighted by molar-refractivity contribution is 5.92. The Morgan fingerprint density at radius 1 is 1.59 bits per heavy atom. The second-order valence-electron chi connectivity index (χ2n) is 4.05. The van der Waals surface area contributed by atoms with Gasteiger partial charge in [0.2, 0.25) is 0 Å². The van der Waals surface area contributed by atoms with E-state index in [9.17, 15) is 4.79 Å². The molecule has 3 N–H and O–H groups in total. The van der Waals surface area contributed by atoms with E-state index in [4.69, 9.17) is 10.6 Å². The summed E-state index contributed by atoms with van der Waals surface area (Å²) in [6, 6.07) is 4.03. The summed E-state index contributed by atoms with van der Waals surface area (Å²) in [4.78, 5) is 11.7. The topological polar surface area (TPSA) is 69.3 Å². The molecule has 1 aromatic rings. The molecule has 0 spiro atoms. The molecule has 1 amide bonds. The number of methoxy groups -OCH3 is 1. The Morgan fingerprint density at radius 3 is 2.82 bits per heavy atom. The number of hydrazine groups is 1. The number of nitrogen functional groups attached to an aromatic ring is 1. The number of rotatable bonds is 6. The van der Waals surface area contributed by atoms with Crippen LogP contribution in [0.1, 0.15) is 42.5 Å². The number of nitrogens with two attached hydrogens (primary N) is 1. The summed E-state index contributed by atoms with van der Waals surface area (Å²) in [6.07, 6.45) is 1.75. The second-order valence-corrected chi connectivity index (χ2v) is 4.05. The van der Waals surface area contributed by atoms with Crippen molar-refractivity contribution in [2.24, 2.45) is 5.84 Å². The van der Waals surface area contributed by atoms with Crippen LogP contribution >= 0.6 is 0 Å². The van der Waals surface area contributed by atoms with Crippen LogP contribution in [-0.4, -0.2) is 24.2 Å². The van der Waals surface area contributed by atoms with E-state index in [1.165, 1.54) is 0 Å². The Kier molecular flexibility index (Phi) is 5.18. The number of hydrogen-bond acceptors (Lipinski definition) is 3. The standard InChI is InChI=1S/C12H21N3O2/c1-4-9(2)15-10(7-8-17-3)5-6-11(15)12(16)14-13/h5-6,9H,4,7-8,13H2,1-3H3,(H,14,16). The molecule has 1 rings (SSSR count). The van der Waals surface area contributed by atoms with Crippen LogP contribution < -0.4 is 11.3 Å². The molecule has 0 saturated carbocycles. The highest BCUT2D eigenvalue weighted by atomic mass is 16.5. The molecular formula is C12H21N3O2. The van der Waals surface area contributed by atoms with Crippen molar-refractivity contribution in [3.05, 3.63) is 23.5 Å². The van der Waals surface area contributed by atoms with Crippen molar-refractivity contribution in [1.82, 2.24) is 9.99 Å². The van der Waals surface area contributed by atoms with Gasteiger partial charge in [0.15, 0.2) is 0 Å². The molecule has 0 aliphatic carbocycles. The largest absolute Gasteiger partial charge is 0.384 e. The second kappa shape index (κ2) is 6.42. The van der Waals surface area contributed by atoms with Crippen molar-refractivity contribution in [2.75, 3.05) is 13.7 Å². The van der Waals surface area contributed by atoms with Crippen molar-refractivity contribution in [3.8, 4) is 0 Å². The molecule has 5 nitrogen and oxygen atoms in total. The minimum absolute atomic E-state index is 0.256.